The molecule has 108 valence electrons. The van der Waals surface area contributed by atoms with Gasteiger partial charge < -0.3 is 0 Å². The second-order valence-electron chi connectivity index (χ2n) is 4.64. The first-order valence-electron chi connectivity index (χ1n) is 6.33. The Bertz CT molecular complexity index is 888. The van der Waals surface area contributed by atoms with Crippen LogP contribution in [0.2, 0.25) is 0 Å². The molecule has 3 aromatic rings. The largest absolute Gasteiger partial charge is 0.243 e. The average molecular weight is 319 g/mol. The summed E-state index contributed by atoms with van der Waals surface area (Å²) in [6.45, 7) is 2.21. The molecule has 0 aliphatic rings. The van der Waals surface area contributed by atoms with Gasteiger partial charge in [-0.25, -0.2) is 13.1 Å². The molecule has 0 atom stereocenters. The van der Waals surface area contributed by atoms with Crippen LogP contribution >= 0.6 is 11.7 Å². The molecule has 5 nitrogen and oxygen atoms in total. The molecule has 0 fully saturated rings. The molecule has 7 heteroatoms. The normalized spacial score (nSPS) is 11.9. The SMILES string of the molecule is Cc1ccccc1CNS(=O)(=O)c1cccc2nsnc12. The number of nitrogens with one attached hydrogen (secondary N) is 1. The minimum absolute atomic E-state index is 0.169. The molecule has 1 heterocycles. The van der Waals surface area contributed by atoms with E-state index in [0.717, 1.165) is 22.9 Å². The van der Waals surface area contributed by atoms with E-state index in [1.807, 2.05) is 31.2 Å². The van der Waals surface area contributed by atoms with Gasteiger partial charge in [0.05, 0.1) is 11.7 Å². The summed E-state index contributed by atoms with van der Waals surface area (Å²) < 4.78 is 35.7. The van der Waals surface area contributed by atoms with E-state index in [0.29, 0.717) is 11.0 Å². The first kappa shape index (κ1) is 14.1. The zero-order valence-corrected chi connectivity index (χ0v) is 12.9. The van der Waals surface area contributed by atoms with Gasteiger partial charge in [-0.2, -0.15) is 8.75 Å². The van der Waals surface area contributed by atoms with E-state index >= 15 is 0 Å². The van der Waals surface area contributed by atoms with E-state index in [1.165, 1.54) is 0 Å². The second-order valence-corrected chi connectivity index (χ2v) is 6.90. The minimum atomic E-state index is -3.62. The van der Waals surface area contributed by atoms with E-state index < -0.39 is 10.0 Å². The highest BCUT2D eigenvalue weighted by molar-refractivity contribution is 7.89. The maximum Gasteiger partial charge on any atom is 0.243 e. The van der Waals surface area contributed by atoms with Crippen LogP contribution < -0.4 is 4.72 Å². The highest BCUT2D eigenvalue weighted by Crippen LogP contribution is 2.21. The van der Waals surface area contributed by atoms with Gasteiger partial charge in [-0.05, 0) is 30.2 Å². The number of sulfonamides is 1. The molecule has 0 unspecified atom stereocenters. The van der Waals surface area contributed by atoms with Crippen LogP contribution in [0.3, 0.4) is 0 Å². The molecule has 21 heavy (non-hydrogen) atoms. The molecule has 1 aromatic heterocycles. The zero-order chi connectivity index (χ0) is 14.9. The Morgan fingerprint density at radius 2 is 1.90 bits per heavy atom. The molecule has 0 saturated heterocycles. The Morgan fingerprint density at radius 3 is 2.71 bits per heavy atom. The van der Waals surface area contributed by atoms with E-state index in [-0.39, 0.29) is 11.4 Å². The summed E-state index contributed by atoms with van der Waals surface area (Å²) in [5, 5.41) is 0. The molecule has 3 rings (SSSR count). The number of rotatable bonds is 4. The van der Waals surface area contributed by atoms with Crippen LogP contribution in [0.25, 0.3) is 11.0 Å². The maximum atomic E-state index is 12.5. The lowest BCUT2D eigenvalue weighted by atomic mass is 10.1. The first-order chi connectivity index (χ1) is 10.1. The third-order valence-corrected chi connectivity index (χ3v) is 5.23. The molecule has 2 aromatic carbocycles. The lowest BCUT2D eigenvalue weighted by Crippen LogP contribution is -2.23. The van der Waals surface area contributed by atoms with Gasteiger partial charge in [0, 0.05) is 6.54 Å². The van der Waals surface area contributed by atoms with Crippen molar-refractivity contribution in [2.45, 2.75) is 18.4 Å². The molecule has 0 spiro atoms. The Morgan fingerprint density at radius 1 is 1.10 bits per heavy atom. The van der Waals surface area contributed by atoms with Gasteiger partial charge in [-0.1, -0.05) is 30.3 Å². The molecule has 0 saturated carbocycles. The molecule has 0 aliphatic carbocycles. The van der Waals surface area contributed by atoms with Crippen LogP contribution in [0.15, 0.2) is 47.4 Å². The number of nitrogens with zero attached hydrogens (tertiary/aromatic N) is 2. The van der Waals surface area contributed by atoms with Crippen molar-refractivity contribution in [3.63, 3.8) is 0 Å². The van der Waals surface area contributed by atoms with Gasteiger partial charge >= 0.3 is 0 Å². The van der Waals surface area contributed by atoms with Gasteiger partial charge in [0.15, 0.2) is 0 Å². The van der Waals surface area contributed by atoms with Crippen LogP contribution in [0.1, 0.15) is 11.1 Å². The van der Waals surface area contributed by atoms with E-state index in [9.17, 15) is 8.42 Å². The van der Waals surface area contributed by atoms with Crippen LogP contribution in [-0.4, -0.2) is 17.2 Å². The second kappa shape index (κ2) is 5.51. The van der Waals surface area contributed by atoms with Crippen molar-refractivity contribution in [3.05, 3.63) is 53.6 Å². The molecular formula is C14H13N3O2S2. The summed E-state index contributed by atoms with van der Waals surface area (Å²) in [6, 6.07) is 12.6. The monoisotopic (exact) mass is 319 g/mol. The third-order valence-electron chi connectivity index (χ3n) is 3.25. The Balaban J connectivity index is 1.91. The summed E-state index contributed by atoms with van der Waals surface area (Å²) in [5.41, 5.74) is 3.01. The number of benzene rings is 2. The highest BCUT2D eigenvalue weighted by atomic mass is 32.2. The van der Waals surface area contributed by atoms with E-state index in [4.69, 9.17) is 0 Å². The first-order valence-corrected chi connectivity index (χ1v) is 8.55. The van der Waals surface area contributed by atoms with Crippen LogP contribution in [0.5, 0.6) is 0 Å². The molecule has 0 aliphatic heterocycles. The summed E-state index contributed by atoms with van der Waals surface area (Å²) in [5.74, 6) is 0. The molecule has 0 bridgehead atoms. The highest BCUT2D eigenvalue weighted by Gasteiger charge is 2.19. The van der Waals surface area contributed by atoms with Crippen molar-refractivity contribution in [1.29, 1.82) is 0 Å². The van der Waals surface area contributed by atoms with Crippen LogP contribution in [0.4, 0.5) is 0 Å². The molecule has 0 amide bonds. The van der Waals surface area contributed by atoms with Crippen LogP contribution in [0, 0.1) is 6.92 Å². The quantitative estimate of drug-likeness (QED) is 0.802. The summed E-state index contributed by atoms with van der Waals surface area (Å²) in [4.78, 5) is 0.169. The van der Waals surface area contributed by atoms with Gasteiger partial charge in [0.2, 0.25) is 10.0 Å². The predicted molar refractivity (Wildman–Crippen MR) is 82.6 cm³/mol. The number of hydrogen-bond donors (Lipinski definition) is 1. The van der Waals surface area contributed by atoms with E-state index in [2.05, 4.69) is 13.5 Å². The topological polar surface area (TPSA) is 72.0 Å². The van der Waals surface area contributed by atoms with Gasteiger partial charge in [0.1, 0.15) is 15.9 Å². The lowest BCUT2D eigenvalue weighted by Gasteiger charge is -2.09. The van der Waals surface area contributed by atoms with Crippen molar-refractivity contribution < 1.29 is 8.42 Å². The summed E-state index contributed by atoms with van der Waals surface area (Å²) >= 11 is 1.01. The standard InChI is InChI=1S/C14H13N3O2S2/c1-10-5-2-3-6-11(10)9-15-21(18,19)13-8-4-7-12-14(13)17-20-16-12/h2-8,15H,9H2,1H3. The number of aryl methyl sites for hydroxylation is 1. The predicted octanol–water partition coefficient (Wildman–Crippen LogP) is 2.48. The van der Waals surface area contributed by atoms with E-state index in [1.54, 1.807) is 18.2 Å². The maximum absolute atomic E-state index is 12.5. The fourth-order valence-corrected chi connectivity index (χ4v) is 3.83. The van der Waals surface area contributed by atoms with Crippen molar-refractivity contribution in [1.82, 2.24) is 13.5 Å². The summed E-state index contributed by atoms with van der Waals surface area (Å²) in [6.07, 6.45) is 0. The fraction of sp³-hybridized carbons (Fsp3) is 0.143. The number of aromatic nitrogens is 2. The van der Waals surface area contributed by atoms with Gasteiger partial charge in [0.25, 0.3) is 0 Å². The smallest absolute Gasteiger partial charge is 0.207 e. The van der Waals surface area contributed by atoms with Crippen molar-refractivity contribution >= 4 is 32.8 Å². The molecule has 0 radical (unpaired) electrons. The lowest BCUT2D eigenvalue weighted by molar-refractivity contribution is 0.582. The molecule has 1 N–H and O–H groups in total. The van der Waals surface area contributed by atoms with Crippen molar-refractivity contribution in [2.75, 3.05) is 0 Å². The van der Waals surface area contributed by atoms with Crippen molar-refractivity contribution in [3.8, 4) is 0 Å². The Labute approximate surface area is 127 Å². The van der Waals surface area contributed by atoms with Crippen LogP contribution in [-0.2, 0) is 16.6 Å². The molecular weight excluding hydrogens is 306 g/mol. The fourth-order valence-electron chi connectivity index (χ4n) is 2.06. The minimum Gasteiger partial charge on any atom is -0.207 e. The van der Waals surface area contributed by atoms with Gasteiger partial charge in [-0.3, -0.25) is 0 Å². The average Bonchev–Trinajstić information content (AvgIpc) is 2.94. The Kier molecular flexibility index (Phi) is 3.71. The zero-order valence-electron chi connectivity index (χ0n) is 11.3. The van der Waals surface area contributed by atoms with Crippen molar-refractivity contribution in [2.24, 2.45) is 0 Å². The number of hydrogen-bond acceptors (Lipinski definition) is 5. The van der Waals surface area contributed by atoms with Gasteiger partial charge in [-0.15, -0.1) is 0 Å². The third kappa shape index (κ3) is 2.80. The Hall–Kier alpha value is -1.83. The number of fused-ring (bicyclic) bond motifs is 1. The summed E-state index contributed by atoms with van der Waals surface area (Å²) in [7, 11) is -3.62.